The molecule has 0 saturated carbocycles. The summed E-state index contributed by atoms with van der Waals surface area (Å²) in [6.07, 6.45) is -3.10. The van der Waals surface area contributed by atoms with Gasteiger partial charge in [-0.2, -0.15) is 0 Å². The highest BCUT2D eigenvalue weighted by Crippen LogP contribution is 2.28. The second kappa shape index (κ2) is 3.44. The van der Waals surface area contributed by atoms with E-state index in [0.717, 1.165) is 0 Å². The lowest BCUT2D eigenvalue weighted by Gasteiger charge is -2.04. The van der Waals surface area contributed by atoms with Crippen LogP contribution in [0, 0.1) is 0 Å². The summed E-state index contributed by atoms with van der Waals surface area (Å²) in [6.45, 7) is 0. The smallest absolute Gasteiger partial charge is 0.356 e. The van der Waals surface area contributed by atoms with Crippen molar-refractivity contribution in [1.82, 2.24) is 4.98 Å². The second-order valence-corrected chi connectivity index (χ2v) is 2.42. The van der Waals surface area contributed by atoms with Crippen LogP contribution in [-0.2, 0) is 0 Å². The summed E-state index contributed by atoms with van der Waals surface area (Å²) >= 11 is 0. The van der Waals surface area contributed by atoms with Gasteiger partial charge in [0.25, 0.3) is 6.43 Å². The SMILES string of the molecule is O=C(O)c1[nH]c(=O)cc(C(F)F)c1O. The molecule has 0 amide bonds. The highest BCUT2D eigenvalue weighted by Gasteiger charge is 2.20. The highest BCUT2D eigenvalue weighted by atomic mass is 19.3. The molecule has 5 nitrogen and oxygen atoms in total. The number of carboxylic acid groups (broad SMARTS) is 1. The predicted octanol–water partition coefficient (Wildman–Crippen LogP) is 0.716. The second-order valence-electron chi connectivity index (χ2n) is 2.42. The Kier molecular flexibility index (Phi) is 2.50. The van der Waals surface area contributed by atoms with Crippen LogP contribution < -0.4 is 5.56 Å². The molecule has 14 heavy (non-hydrogen) atoms. The first-order chi connectivity index (χ1) is 6.43. The van der Waals surface area contributed by atoms with Crippen LogP contribution in [0.25, 0.3) is 0 Å². The molecule has 1 rings (SSSR count). The van der Waals surface area contributed by atoms with Crippen LogP contribution in [-0.4, -0.2) is 21.2 Å². The molecule has 0 radical (unpaired) electrons. The number of aromatic amines is 1. The number of aromatic hydroxyl groups is 1. The molecule has 1 aromatic heterocycles. The predicted molar refractivity (Wildman–Crippen MR) is 40.6 cm³/mol. The molecule has 0 bridgehead atoms. The summed E-state index contributed by atoms with van der Waals surface area (Å²) in [6, 6.07) is 0.451. The Labute approximate surface area is 75.6 Å². The average Bonchev–Trinajstić information content (AvgIpc) is 2.07. The van der Waals surface area contributed by atoms with Crippen molar-refractivity contribution in [3.05, 3.63) is 27.7 Å². The van der Waals surface area contributed by atoms with Crippen molar-refractivity contribution >= 4 is 5.97 Å². The van der Waals surface area contributed by atoms with E-state index in [4.69, 9.17) is 10.2 Å². The first-order valence-corrected chi connectivity index (χ1v) is 3.41. The van der Waals surface area contributed by atoms with E-state index in [-0.39, 0.29) is 0 Å². The zero-order chi connectivity index (χ0) is 10.9. The van der Waals surface area contributed by atoms with Crippen molar-refractivity contribution in [3.63, 3.8) is 0 Å². The monoisotopic (exact) mass is 205 g/mol. The Bertz CT molecular complexity index is 426. The van der Waals surface area contributed by atoms with E-state index < -0.39 is 35.0 Å². The number of halogens is 2. The summed E-state index contributed by atoms with van der Waals surface area (Å²) in [7, 11) is 0. The van der Waals surface area contributed by atoms with Gasteiger partial charge in [0.15, 0.2) is 11.4 Å². The molecule has 0 saturated heterocycles. The molecule has 1 heterocycles. The van der Waals surface area contributed by atoms with Crippen LogP contribution >= 0.6 is 0 Å². The lowest BCUT2D eigenvalue weighted by molar-refractivity contribution is 0.0685. The maximum Gasteiger partial charge on any atom is 0.356 e. The third-order valence-corrected chi connectivity index (χ3v) is 1.49. The lowest BCUT2D eigenvalue weighted by atomic mass is 10.2. The minimum Gasteiger partial charge on any atom is -0.505 e. The summed E-state index contributed by atoms with van der Waals surface area (Å²) in [4.78, 5) is 22.8. The van der Waals surface area contributed by atoms with Gasteiger partial charge in [0.05, 0.1) is 5.56 Å². The number of hydrogen-bond acceptors (Lipinski definition) is 3. The van der Waals surface area contributed by atoms with Crippen molar-refractivity contribution in [2.45, 2.75) is 6.43 Å². The Morgan fingerprint density at radius 3 is 2.50 bits per heavy atom. The number of carboxylic acids is 1. The minimum atomic E-state index is -3.10. The van der Waals surface area contributed by atoms with Crippen LogP contribution in [0.4, 0.5) is 8.78 Å². The van der Waals surface area contributed by atoms with Gasteiger partial charge in [-0.1, -0.05) is 0 Å². The molecule has 1 aromatic rings. The Morgan fingerprint density at radius 1 is 1.50 bits per heavy atom. The molecule has 0 unspecified atom stereocenters. The molecular weight excluding hydrogens is 200 g/mol. The normalized spacial score (nSPS) is 10.5. The molecule has 7 heteroatoms. The summed E-state index contributed by atoms with van der Waals surface area (Å²) in [5, 5.41) is 17.4. The molecule has 0 spiro atoms. The quantitative estimate of drug-likeness (QED) is 0.663. The number of carbonyl (C=O) groups is 1. The molecule has 0 aliphatic carbocycles. The fraction of sp³-hybridized carbons (Fsp3) is 0.143. The molecule has 0 aliphatic heterocycles. The van der Waals surface area contributed by atoms with Crippen molar-refractivity contribution in [2.24, 2.45) is 0 Å². The number of aromatic carboxylic acids is 1. The molecule has 76 valence electrons. The molecule has 0 aromatic carbocycles. The van der Waals surface area contributed by atoms with Gasteiger partial charge < -0.3 is 15.2 Å². The number of hydrogen-bond donors (Lipinski definition) is 3. The summed E-state index contributed by atoms with van der Waals surface area (Å²) in [5.41, 5.74) is -2.94. The van der Waals surface area contributed by atoms with E-state index in [2.05, 4.69) is 0 Å². The number of pyridine rings is 1. The van der Waals surface area contributed by atoms with Crippen LogP contribution in [0.5, 0.6) is 5.75 Å². The largest absolute Gasteiger partial charge is 0.505 e. The van der Waals surface area contributed by atoms with E-state index >= 15 is 0 Å². The molecular formula is C7H5F2NO4. The standard InChI is InChI=1S/C7H5F2NO4/c8-6(9)2-1-3(11)10-4(5(2)12)7(13)14/h1,6,12H,(H,10,11)(H,13,14). The maximum absolute atomic E-state index is 12.1. The highest BCUT2D eigenvalue weighted by molar-refractivity contribution is 5.88. The third kappa shape index (κ3) is 1.70. The van der Waals surface area contributed by atoms with Crippen LogP contribution in [0.15, 0.2) is 10.9 Å². The van der Waals surface area contributed by atoms with Gasteiger partial charge in [-0.3, -0.25) is 4.79 Å². The number of nitrogens with one attached hydrogen (secondary N) is 1. The first-order valence-electron chi connectivity index (χ1n) is 3.41. The topological polar surface area (TPSA) is 90.4 Å². The van der Waals surface area contributed by atoms with Crippen molar-refractivity contribution in [3.8, 4) is 5.75 Å². The molecule has 0 atom stereocenters. The molecule has 0 fully saturated rings. The number of H-pyrrole nitrogens is 1. The zero-order valence-electron chi connectivity index (χ0n) is 6.62. The lowest BCUT2D eigenvalue weighted by Crippen LogP contribution is -2.14. The van der Waals surface area contributed by atoms with Gasteiger partial charge in [-0.15, -0.1) is 0 Å². The van der Waals surface area contributed by atoms with Crippen molar-refractivity contribution < 1.29 is 23.8 Å². The Balaban J connectivity index is 3.48. The molecule has 0 aliphatic rings. The van der Waals surface area contributed by atoms with Gasteiger partial charge in [-0.05, 0) is 0 Å². The van der Waals surface area contributed by atoms with Gasteiger partial charge in [0.1, 0.15) is 0 Å². The van der Waals surface area contributed by atoms with E-state index in [9.17, 15) is 18.4 Å². The van der Waals surface area contributed by atoms with Crippen molar-refractivity contribution in [1.29, 1.82) is 0 Å². The Morgan fingerprint density at radius 2 is 2.07 bits per heavy atom. The average molecular weight is 205 g/mol. The minimum absolute atomic E-state index is 0.451. The first kappa shape index (κ1) is 10.2. The zero-order valence-corrected chi connectivity index (χ0v) is 6.62. The fourth-order valence-electron chi connectivity index (χ4n) is 0.894. The van der Waals surface area contributed by atoms with Gasteiger partial charge in [0.2, 0.25) is 5.56 Å². The summed E-state index contributed by atoms with van der Waals surface area (Å²) in [5.74, 6) is -2.80. The third-order valence-electron chi connectivity index (χ3n) is 1.49. The Hall–Kier alpha value is -1.92. The van der Waals surface area contributed by atoms with E-state index in [1.165, 1.54) is 0 Å². The fourth-order valence-corrected chi connectivity index (χ4v) is 0.894. The van der Waals surface area contributed by atoms with Gasteiger partial charge in [0, 0.05) is 6.07 Å². The van der Waals surface area contributed by atoms with E-state index in [1.807, 2.05) is 0 Å². The van der Waals surface area contributed by atoms with Gasteiger partial charge >= 0.3 is 5.97 Å². The van der Waals surface area contributed by atoms with Crippen LogP contribution in [0.2, 0.25) is 0 Å². The number of rotatable bonds is 2. The number of alkyl halides is 2. The van der Waals surface area contributed by atoms with Crippen LogP contribution in [0.1, 0.15) is 22.5 Å². The molecule has 3 N–H and O–H groups in total. The van der Waals surface area contributed by atoms with Crippen molar-refractivity contribution in [2.75, 3.05) is 0 Å². The maximum atomic E-state index is 12.1. The van der Waals surface area contributed by atoms with Gasteiger partial charge in [-0.25, -0.2) is 13.6 Å². The number of aromatic nitrogens is 1. The summed E-state index contributed by atoms with van der Waals surface area (Å²) < 4.78 is 24.3. The van der Waals surface area contributed by atoms with E-state index in [0.29, 0.717) is 6.07 Å². The van der Waals surface area contributed by atoms with E-state index in [1.54, 1.807) is 4.98 Å². The van der Waals surface area contributed by atoms with Crippen LogP contribution in [0.3, 0.4) is 0 Å².